The summed E-state index contributed by atoms with van der Waals surface area (Å²) >= 11 is 0. The van der Waals surface area contributed by atoms with Gasteiger partial charge in [-0.1, -0.05) is 18.2 Å². The highest BCUT2D eigenvalue weighted by Crippen LogP contribution is 2.12. The molecule has 0 bridgehead atoms. The molecule has 5 nitrogen and oxygen atoms in total. The largest absolute Gasteiger partial charge is 0.344 e. The van der Waals surface area contributed by atoms with Crippen molar-refractivity contribution in [1.29, 1.82) is 10.8 Å². The lowest BCUT2D eigenvalue weighted by molar-refractivity contribution is 0.101. The van der Waals surface area contributed by atoms with Gasteiger partial charge in [0.25, 0.3) is 0 Å². The molecule has 0 amide bonds. The summed E-state index contributed by atoms with van der Waals surface area (Å²) in [6.07, 6.45) is 0. The molecule has 1 saturated heterocycles. The van der Waals surface area contributed by atoms with Gasteiger partial charge in [0.15, 0.2) is 5.78 Å². The van der Waals surface area contributed by atoms with Crippen LogP contribution in [-0.2, 0) is 0 Å². The molecule has 0 aliphatic carbocycles. The Hall–Kier alpha value is -1.85. The van der Waals surface area contributed by atoms with Crippen molar-refractivity contribution in [3.8, 4) is 0 Å². The molecule has 1 aliphatic rings. The summed E-state index contributed by atoms with van der Waals surface area (Å²) in [6.45, 7) is 3.05. The van der Waals surface area contributed by atoms with E-state index in [4.69, 9.17) is 10.8 Å². The van der Waals surface area contributed by atoms with E-state index >= 15 is 0 Å². The van der Waals surface area contributed by atoms with Crippen LogP contribution in [0.3, 0.4) is 0 Å². The van der Waals surface area contributed by atoms with Crippen LogP contribution >= 0.6 is 0 Å². The Kier molecular flexibility index (Phi) is 4.47. The van der Waals surface area contributed by atoms with Crippen LogP contribution in [0, 0.1) is 16.7 Å². The van der Waals surface area contributed by atoms with Gasteiger partial charge < -0.3 is 16.9 Å². The molecule has 1 aromatic rings. The number of ketones is 1. The molecule has 2 rings (SSSR count). The molecule has 1 heterocycles. The van der Waals surface area contributed by atoms with E-state index < -0.39 is 0 Å². The smallest absolute Gasteiger partial charge is 0.159 e. The van der Waals surface area contributed by atoms with Gasteiger partial charge >= 0.3 is 0 Å². The lowest BCUT2D eigenvalue weighted by Gasteiger charge is -2.28. The van der Waals surface area contributed by atoms with Crippen LogP contribution in [0.15, 0.2) is 24.3 Å². The molecule has 1 aliphatic heterocycles. The molecule has 5 heteroatoms. The average molecular weight is 246 g/mol. The Morgan fingerprint density at radius 1 is 1.28 bits per heavy atom. The molecule has 0 aromatic heterocycles. The van der Waals surface area contributed by atoms with Crippen LogP contribution in [0.25, 0.3) is 0 Å². The highest BCUT2D eigenvalue weighted by Gasteiger charge is 2.25. The van der Waals surface area contributed by atoms with Gasteiger partial charge in [-0.2, -0.15) is 0 Å². The van der Waals surface area contributed by atoms with Crippen LogP contribution in [-0.4, -0.2) is 30.3 Å². The maximum atomic E-state index is 11.3. The summed E-state index contributed by atoms with van der Waals surface area (Å²) in [5.41, 5.74) is 1.81. The van der Waals surface area contributed by atoms with Crippen molar-refractivity contribution in [3.05, 3.63) is 35.4 Å². The topological polar surface area (TPSA) is 112 Å². The summed E-state index contributed by atoms with van der Waals surface area (Å²) in [7, 11) is 0. The van der Waals surface area contributed by atoms with Gasteiger partial charge in [-0.25, -0.2) is 0 Å². The van der Waals surface area contributed by atoms with Crippen molar-refractivity contribution >= 4 is 17.2 Å². The first kappa shape index (κ1) is 14.2. The first-order valence-electron chi connectivity index (χ1n) is 5.59. The predicted octanol–water partition coefficient (Wildman–Crippen LogP) is 1.66. The van der Waals surface area contributed by atoms with Gasteiger partial charge in [-0.05, 0) is 13.0 Å². The maximum absolute atomic E-state index is 11.3. The first-order valence-corrected chi connectivity index (χ1v) is 5.59. The van der Waals surface area contributed by atoms with Crippen LogP contribution in [0.1, 0.15) is 22.8 Å². The van der Waals surface area contributed by atoms with Gasteiger partial charge in [0, 0.05) is 30.1 Å². The third-order valence-corrected chi connectivity index (χ3v) is 3.02. The van der Waals surface area contributed by atoms with Crippen molar-refractivity contribution in [2.45, 2.75) is 6.92 Å². The molecule has 0 unspecified atom stereocenters. The van der Waals surface area contributed by atoms with Crippen molar-refractivity contribution < 1.29 is 4.79 Å². The number of carbonyl (C=O) groups excluding carboxylic acids is 1. The molecule has 1 fully saturated rings. The second kappa shape index (κ2) is 5.66. The fourth-order valence-corrected chi connectivity index (χ4v) is 1.75. The lowest BCUT2D eigenvalue weighted by Crippen LogP contribution is -2.48. The van der Waals surface area contributed by atoms with Crippen LogP contribution in [0.4, 0.5) is 0 Å². The number of nitrogens with one attached hydrogen (secondary N) is 3. The van der Waals surface area contributed by atoms with E-state index in [0.717, 1.165) is 13.1 Å². The zero-order chi connectivity index (χ0) is 12.4. The van der Waals surface area contributed by atoms with Gasteiger partial charge in [0.2, 0.25) is 0 Å². The minimum atomic E-state index is -0.0171. The summed E-state index contributed by atoms with van der Waals surface area (Å²) < 4.78 is 0. The zero-order valence-corrected chi connectivity index (χ0v) is 10.4. The van der Waals surface area contributed by atoms with E-state index in [1.807, 2.05) is 0 Å². The van der Waals surface area contributed by atoms with E-state index in [9.17, 15) is 4.79 Å². The van der Waals surface area contributed by atoms with Crippen LogP contribution < -0.4 is 11.5 Å². The highest BCUT2D eigenvalue weighted by molar-refractivity contribution is 6.47. The number of Topliss-reactive ketones (excluding diaryl/α,β-unsaturated/α-hetero) is 1. The number of hydrogen-bond donors (Lipinski definition) is 4. The molecule has 0 radical (unpaired) electrons. The number of benzene rings is 1. The Bertz CT molecular complexity index is 492. The van der Waals surface area contributed by atoms with Crippen molar-refractivity contribution in [2.75, 3.05) is 13.1 Å². The normalized spacial score (nSPS) is 14.3. The van der Waals surface area contributed by atoms with Crippen molar-refractivity contribution in [1.82, 2.24) is 11.5 Å². The Balaban J connectivity index is 0.00000162. The van der Waals surface area contributed by atoms with Gasteiger partial charge in [-0.3, -0.25) is 10.2 Å². The van der Waals surface area contributed by atoms with E-state index in [0.29, 0.717) is 16.8 Å². The molecular formula is C13H18N4O. The van der Waals surface area contributed by atoms with Crippen LogP contribution in [0.2, 0.25) is 0 Å². The quantitative estimate of drug-likeness (QED) is 0.478. The third-order valence-electron chi connectivity index (χ3n) is 3.02. The fourth-order valence-electron chi connectivity index (χ4n) is 1.75. The average Bonchev–Trinajstić information content (AvgIpc) is 2.25. The minimum Gasteiger partial charge on any atom is -0.344 e. The monoisotopic (exact) mass is 246 g/mol. The minimum absolute atomic E-state index is 0. The second-order valence-corrected chi connectivity index (χ2v) is 4.28. The zero-order valence-electron chi connectivity index (χ0n) is 10.4. The Labute approximate surface area is 106 Å². The standard InChI is InChI=1S/C13H15N3O.H3N/c1-8(17)9-3-2-4-10(5-9)12(14)13(15)11-6-16-7-11;/h2-5,11,14-16H,6-7H2,1H3;1H3. The Morgan fingerprint density at radius 2 is 1.89 bits per heavy atom. The predicted molar refractivity (Wildman–Crippen MR) is 72.4 cm³/mol. The molecule has 6 N–H and O–H groups in total. The molecule has 96 valence electrons. The van der Waals surface area contributed by atoms with E-state index in [2.05, 4.69) is 5.32 Å². The first-order chi connectivity index (χ1) is 8.09. The van der Waals surface area contributed by atoms with E-state index in [1.54, 1.807) is 24.3 Å². The third kappa shape index (κ3) is 2.69. The molecule has 1 aromatic carbocycles. The maximum Gasteiger partial charge on any atom is 0.159 e. The molecular weight excluding hydrogens is 228 g/mol. The molecule has 0 spiro atoms. The molecule has 0 saturated carbocycles. The fraction of sp³-hybridized carbons (Fsp3) is 0.308. The summed E-state index contributed by atoms with van der Waals surface area (Å²) in [4.78, 5) is 11.3. The summed E-state index contributed by atoms with van der Waals surface area (Å²) in [6, 6.07) is 6.95. The van der Waals surface area contributed by atoms with E-state index in [1.165, 1.54) is 6.92 Å². The SMILES string of the molecule is CC(=O)c1cccc(C(=N)C(=N)C2CNC2)c1.N. The summed E-state index contributed by atoms with van der Waals surface area (Å²) in [5.74, 6) is 0.125. The summed E-state index contributed by atoms with van der Waals surface area (Å²) in [5, 5.41) is 19.0. The van der Waals surface area contributed by atoms with Crippen molar-refractivity contribution in [2.24, 2.45) is 5.92 Å². The molecule has 0 atom stereocenters. The van der Waals surface area contributed by atoms with Gasteiger partial charge in [0.1, 0.15) is 0 Å². The van der Waals surface area contributed by atoms with Crippen molar-refractivity contribution in [3.63, 3.8) is 0 Å². The number of rotatable bonds is 4. The molecule has 18 heavy (non-hydrogen) atoms. The van der Waals surface area contributed by atoms with Gasteiger partial charge in [-0.15, -0.1) is 0 Å². The van der Waals surface area contributed by atoms with Crippen LogP contribution in [0.5, 0.6) is 0 Å². The van der Waals surface area contributed by atoms with E-state index in [-0.39, 0.29) is 23.6 Å². The Morgan fingerprint density at radius 3 is 2.39 bits per heavy atom. The van der Waals surface area contributed by atoms with Gasteiger partial charge in [0.05, 0.1) is 11.4 Å². The number of hydrogen-bond acceptors (Lipinski definition) is 5. The highest BCUT2D eigenvalue weighted by atomic mass is 16.1. The number of carbonyl (C=O) groups is 1. The lowest BCUT2D eigenvalue weighted by atomic mass is 9.90. The second-order valence-electron chi connectivity index (χ2n) is 4.28.